The van der Waals surface area contributed by atoms with E-state index in [4.69, 9.17) is 0 Å². The van der Waals surface area contributed by atoms with E-state index in [1.807, 2.05) is 0 Å². The van der Waals surface area contributed by atoms with Crippen LogP contribution in [0.25, 0.3) is 0 Å². The lowest BCUT2D eigenvalue weighted by atomic mass is 9.83. The van der Waals surface area contributed by atoms with Crippen molar-refractivity contribution in [3.05, 3.63) is 20.9 Å². The molecule has 1 aromatic rings. The van der Waals surface area contributed by atoms with Gasteiger partial charge in [0.1, 0.15) is 0 Å². The van der Waals surface area contributed by atoms with Crippen LogP contribution >= 0.6 is 11.3 Å². The smallest absolute Gasteiger partial charge is 0.262 e. The van der Waals surface area contributed by atoms with Crippen molar-refractivity contribution in [1.29, 1.82) is 0 Å². The Morgan fingerprint density at radius 2 is 1.19 bits per heavy atom. The summed E-state index contributed by atoms with van der Waals surface area (Å²) in [6.45, 7) is 12.9. The molecule has 1 aromatic heterocycles. The second kappa shape index (κ2) is 4.94. The first-order chi connectivity index (χ1) is 9.58. The van der Waals surface area contributed by atoms with Crippen LogP contribution in [0.15, 0.2) is 0 Å². The van der Waals surface area contributed by atoms with Crippen molar-refractivity contribution in [2.24, 2.45) is 0 Å². The quantitative estimate of drug-likeness (QED) is 0.776. The first-order valence-corrected chi connectivity index (χ1v) is 8.40. The Hall–Kier alpha value is -1.16. The molecule has 0 spiro atoms. The molecule has 0 aromatic carbocycles. The Bertz CT molecular complexity index is 560. The standard InChI is InChI=1S/C17H25NO2S/c1-8-16(3,4)12-10-11(15(20)18(7)14(10)19)13(21-12)17(5,6)9-2/h8-9H2,1-7H3. The lowest BCUT2D eigenvalue weighted by molar-refractivity contribution is 0.0691. The highest BCUT2D eigenvalue weighted by Crippen LogP contribution is 2.47. The lowest BCUT2D eigenvalue weighted by Gasteiger charge is -2.25. The average molecular weight is 307 g/mol. The predicted molar refractivity (Wildman–Crippen MR) is 87.4 cm³/mol. The predicted octanol–water partition coefficient (Wildman–Crippen LogP) is 4.35. The average Bonchev–Trinajstić information content (AvgIpc) is 2.94. The van der Waals surface area contributed by atoms with Gasteiger partial charge in [-0.2, -0.15) is 0 Å². The molecule has 4 heteroatoms. The Kier molecular flexibility index (Phi) is 3.81. The Labute approximate surface area is 131 Å². The van der Waals surface area contributed by atoms with Gasteiger partial charge in [0.25, 0.3) is 11.8 Å². The number of hydrogen-bond acceptors (Lipinski definition) is 3. The highest BCUT2D eigenvalue weighted by molar-refractivity contribution is 7.13. The second-order valence-electron chi connectivity index (χ2n) is 7.15. The second-order valence-corrected chi connectivity index (χ2v) is 8.18. The van der Waals surface area contributed by atoms with Crippen molar-refractivity contribution < 1.29 is 9.59 Å². The third-order valence-corrected chi connectivity index (χ3v) is 6.86. The first-order valence-electron chi connectivity index (χ1n) is 7.58. The number of thiophene rings is 1. The number of rotatable bonds is 4. The monoisotopic (exact) mass is 307 g/mol. The molecule has 1 aliphatic heterocycles. The molecule has 0 N–H and O–H groups in total. The van der Waals surface area contributed by atoms with Crippen LogP contribution in [0.1, 0.15) is 84.9 Å². The first kappa shape index (κ1) is 16.2. The molecule has 0 bridgehead atoms. The molecular formula is C17H25NO2S. The lowest BCUT2D eigenvalue weighted by Crippen LogP contribution is -2.27. The molecule has 0 saturated carbocycles. The highest BCUT2D eigenvalue weighted by atomic mass is 32.1. The van der Waals surface area contributed by atoms with E-state index < -0.39 is 0 Å². The van der Waals surface area contributed by atoms with E-state index in [9.17, 15) is 9.59 Å². The van der Waals surface area contributed by atoms with Gasteiger partial charge >= 0.3 is 0 Å². The molecule has 0 saturated heterocycles. The van der Waals surface area contributed by atoms with Crippen molar-refractivity contribution >= 4 is 23.2 Å². The minimum atomic E-state index is -0.138. The molecular weight excluding hydrogens is 282 g/mol. The van der Waals surface area contributed by atoms with E-state index in [0.29, 0.717) is 11.1 Å². The summed E-state index contributed by atoms with van der Waals surface area (Å²) < 4.78 is 0. The van der Waals surface area contributed by atoms with Crippen LogP contribution in [0.2, 0.25) is 0 Å². The van der Waals surface area contributed by atoms with Crippen LogP contribution in [0.3, 0.4) is 0 Å². The fraction of sp³-hybridized carbons (Fsp3) is 0.647. The zero-order valence-electron chi connectivity index (χ0n) is 14.1. The van der Waals surface area contributed by atoms with Crippen LogP contribution in [0.5, 0.6) is 0 Å². The fourth-order valence-corrected chi connectivity index (χ4v) is 4.17. The van der Waals surface area contributed by atoms with Crippen molar-refractivity contribution in [3.8, 4) is 0 Å². The molecule has 1 aliphatic rings. The number of amides is 2. The van der Waals surface area contributed by atoms with Gasteiger partial charge in [-0.05, 0) is 23.7 Å². The largest absolute Gasteiger partial charge is 0.277 e. The molecule has 21 heavy (non-hydrogen) atoms. The Morgan fingerprint density at radius 1 is 0.857 bits per heavy atom. The SMILES string of the molecule is CCC(C)(C)c1sc(C(C)(C)CC)c2c1C(=O)N(C)C2=O. The maximum absolute atomic E-state index is 12.5. The van der Waals surface area contributed by atoms with Crippen LogP contribution in [0.4, 0.5) is 0 Å². The van der Waals surface area contributed by atoms with Gasteiger partial charge in [-0.15, -0.1) is 11.3 Å². The van der Waals surface area contributed by atoms with E-state index in [1.165, 1.54) is 4.90 Å². The van der Waals surface area contributed by atoms with Crippen molar-refractivity contribution in [3.63, 3.8) is 0 Å². The topological polar surface area (TPSA) is 37.4 Å². The van der Waals surface area contributed by atoms with Gasteiger partial charge in [-0.25, -0.2) is 0 Å². The fourth-order valence-electron chi connectivity index (χ4n) is 2.54. The number of fused-ring (bicyclic) bond motifs is 1. The molecule has 0 aliphatic carbocycles. The summed E-state index contributed by atoms with van der Waals surface area (Å²) in [6.07, 6.45) is 1.88. The van der Waals surface area contributed by atoms with Gasteiger partial charge in [0.2, 0.25) is 0 Å². The summed E-state index contributed by atoms with van der Waals surface area (Å²) in [5.74, 6) is -0.276. The number of hydrogen-bond donors (Lipinski definition) is 0. The molecule has 2 amide bonds. The molecule has 116 valence electrons. The third-order valence-electron chi connectivity index (χ3n) is 4.94. The number of carbonyl (C=O) groups is 2. The molecule has 2 rings (SSSR count). The van der Waals surface area contributed by atoms with Gasteiger partial charge in [0.05, 0.1) is 11.1 Å². The van der Waals surface area contributed by atoms with Crippen LogP contribution in [-0.4, -0.2) is 23.8 Å². The minimum Gasteiger partial charge on any atom is -0.277 e. The van der Waals surface area contributed by atoms with E-state index >= 15 is 0 Å². The van der Waals surface area contributed by atoms with Crippen molar-refractivity contribution in [1.82, 2.24) is 4.90 Å². The van der Waals surface area contributed by atoms with Crippen molar-refractivity contribution in [2.75, 3.05) is 7.05 Å². The summed E-state index contributed by atoms with van der Waals surface area (Å²) in [6, 6.07) is 0. The normalized spacial score (nSPS) is 15.9. The van der Waals surface area contributed by atoms with Gasteiger partial charge in [0.15, 0.2) is 0 Å². The molecule has 3 nitrogen and oxygen atoms in total. The highest BCUT2D eigenvalue weighted by Gasteiger charge is 2.45. The van der Waals surface area contributed by atoms with E-state index in [0.717, 1.165) is 22.6 Å². The third kappa shape index (κ3) is 2.24. The maximum Gasteiger partial charge on any atom is 0.262 e. The number of nitrogens with zero attached hydrogens (tertiary/aromatic N) is 1. The van der Waals surface area contributed by atoms with Gasteiger partial charge in [0, 0.05) is 16.8 Å². The Morgan fingerprint density at radius 3 is 1.48 bits per heavy atom. The van der Waals surface area contributed by atoms with E-state index in [-0.39, 0.29) is 22.6 Å². The van der Waals surface area contributed by atoms with Gasteiger partial charge in [-0.3, -0.25) is 14.5 Å². The van der Waals surface area contributed by atoms with Crippen LogP contribution in [0, 0.1) is 0 Å². The van der Waals surface area contributed by atoms with Gasteiger partial charge < -0.3 is 0 Å². The molecule has 0 radical (unpaired) electrons. The summed E-state index contributed by atoms with van der Waals surface area (Å²) in [5.41, 5.74) is 1.15. The van der Waals surface area contributed by atoms with Gasteiger partial charge in [-0.1, -0.05) is 41.5 Å². The Balaban J connectivity index is 2.79. The summed E-state index contributed by atoms with van der Waals surface area (Å²) >= 11 is 1.67. The summed E-state index contributed by atoms with van der Waals surface area (Å²) in [5, 5.41) is 0. The van der Waals surface area contributed by atoms with Crippen LogP contribution in [-0.2, 0) is 10.8 Å². The summed E-state index contributed by atoms with van der Waals surface area (Å²) in [4.78, 5) is 28.5. The van der Waals surface area contributed by atoms with Crippen LogP contribution < -0.4 is 0 Å². The number of carbonyl (C=O) groups excluding carboxylic acids is 2. The molecule has 2 heterocycles. The zero-order chi connectivity index (χ0) is 16.2. The number of imide groups is 1. The molecule has 0 atom stereocenters. The summed E-state index contributed by atoms with van der Waals surface area (Å²) in [7, 11) is 1.58. The van der Waals surface area contributed by atoms with E-state index in [1.54, 1.807) is 18.4 Å². The van der Waals surface area contributed by atoms with Crippen molar-refractivity contribution in [2.45, 2.75) is 65.2 Å². The molecule has 0 fully saturated rings. The molecule has 0 unspecified atom stereocenters. The maximum atomic E-state index is 12.5. The zero-order valence-corrected chi connectivity index (χ0v) is 14.9. The van der Waals surface area contributed by atoms with E-state index in [2.05, 4.69) is 41.5 Å². The minimum absolute atomic E-state index is 0.0854.